The van der Waals surface area contributed by atoms with Crippen molar-refractivity contribution in [2.45, 2.75) is 42.6 Å². The van der Waals surface area contributed by atoms with E-state index in [2.05, 4.69) is 0 Å². The lowest BCUT2D eigenvalue weighted by atomic mass is 9.85. The van der Waals surface area contributed by atoms with Crippen molar-refractivity contribution in [1.29, 1.82) is 0 Å². The van der Waals surface area contributed by atoms with Crippen LogP contribution in [0.1, 0.15) is 34.1 Å². The van der Waals surface area contributed by atoms with Crippen LogP contribution in [0.15, 0.2) is 24.3 Å². The molecule has 1 aromatic rings. The van der Waals surface area contributed by atoms with Gasteiger partial charge < -0.3 is 40.5 Å². The molecule has 6 N–H and O–H groups in total. The molecule has 4 rings (SSSR count). The van der Waals surface area contributed by atoms with E-state index < -0.39 is 53.6 Å². The first kappa shape index (κ1) is 22.8. The number of fused-ring (bicyclic) bond motifs is 5. The second-order valence-corrected chi connectivity index (χ2v) is 7.60. The van der Waals surface area contributed by atoms with Gasteiger partial charge in [0.25, 0.3) is 23.3 Å². The van der Waals surface area contributed by atoms with Crippen LogP contribution in [0.3, 0.4) is 0 Å². The number of amides is 2. The van der Waals surface area contributed by atoms with Crippen molar-refractivity contribution in [1.82, 2.24) is 10.6 Å². The molecule has 168 valence electrons. The third-order valence-corrected chi connectivity index (χ3v) is 5.26. The fourth-order valence-electron chi connectivity index (χ4n) is 3.38. The van der Waals surface area contributed by atoms with Gasteiger partial charge in [-0.15, -0.1) is 0 Å². The molecule has 12 nitrogen and oxygen atoms in total. The number of nitrogens with one attached hydrogen (secondary N) is 2. The third kappa shape index (κ3) is 3.79. The van der Waals surface area contributed by atoms with Crippen LogP contribution in [0.4, 0.5) is 0 Å². The standard InChI is InChI=1S/C19H22N2O10/c1-17(28,9-23)14(25)19-16(27)20-18(29,15(26)21-19)12(5-6-30-19)31-13(24)11-4-2-3-10(7-11)8-22/h2-4,7-8,12,14,23,25,28-29H,5-6,9H2,1H3,(H,20,27)(H,21,26)/t12-,14+,17+,18-,19+/m1/s1. The van der Waals surface area contributed by atoms with Crippen LogP contribution in [0.2, 0.25) is 0 Å². The Morgan fingerprint density at radius 1 is 1.39 bits per heavy atom. The van der Waals surface area contributed by atoms with E-state index in [1.807, 2.05) is 10.6 Å². The molecule has 2 bridgehead atoms. The predicted molar refractivity (Wildman–Crippen MR) is 99.3 cm³/mol. The molecular formula is C19H22N2O10. The highest BCUT2D eigenvalue weighted by molar-refractivity contribution is 6.02. The second kappa shape index (κ2) is 7.98. The average Bonchev–Trinajstić information content (AvgIpc) is 2.74. The number of esters is 1. The molecule has 3 heterocycles. The summed E-state index contributed by atoms with van der Waals surface area (Å²) in [7, 11) is 0. The topological polar surface area (TPSA) is 192 Å². The molecule has 2 amide bonds. The predicted octanol–water partition coefficient (Wildman–Crippen LogP) is -2.82. The Balaban J connectivity index is 1.88. The summed E-state index contributed by atoms with van der Waals surface area (Å²) in [6, 6.07) is 5.50. The molecule has 1 aromatic carbocycles. The van der Waals surface area contributed by atoms with Crippen LogP contribution >= 0.6 is 0 Å². The zero-order valence-corrected chi connectivity index (χ0v) is 16.4. The number of aliphatic hydroxyl groups excluding tert-OH is 2. The zero-order valence-electron chi connectivity index (χ0n) is 16.4. The molecule has 0 unspecified atom stereocenters. The zero-order chi connectivity index (χ0) is 23.0. The number of aldehydes is 1. The van der Waals surface area contributed by atoms with Crippen LogP contribution < -0.4 is 10.6 Å². The van der Waals surface area contributed by atoms with Gasteiger partial charge in [0, 0.05) is 12.0 Å². The summed E-state index contributed by atoms with van der Waals surface area (Å²) in [5.74, 6) is -3.46. The Morgan fingerprint density at radius 2 is 2.10 bits per heavy atom. The summed E-state index contributed by atoms with van der Waals surface area (Å²) >= 11 is 0. The van der Waals surface area contributed by atoms with Gasteiger partial charge in [0.15, 0.2) is 6.10 Å². The Hall–Kier alpha value is -2.90. The number of hydrogen-bond acceptors (Lipinski definition) is 10. The minimum Gasteiger partial charge on any atom is -0.453 e. The molecular weight excluding hydrogens is 416 g/mol. The average molecular weight is 438 g/mol. The molecule has 3 aliphatic heterocycles. The summed E-state index contributed by atoms with van der Waals surface area (Å²) in [4.78, 5) is 48.8. The maximum Gasteiger partial charge on any atom is 0.338 e. The number of rotatable bonds is 6. The van der Waals surface area contributed by atoms with Gasteiger partial charge in [-0.25, -0.2) is 4.79 Å². The summed E-state index contributed by atoms with van der Waals surface area (Å²) < 4.78 is 10.6. The monoisotopic (exact) mass is 438 g/mol. The van der Waals surface area contributed by atoms with E-state index in [0.29, 0.717) is 6.29 Å². The maximum atomic E-state index is 12.7. The van der Waals surface area contributed by atoms with E-state index in [-0.39, 0.29) is 24.2 Å². The van der Waals surface area contributed by atoms with E-state index in [1.54, 1.807) is 0 Å². The fraction of sp³-hybridized carbons (Fsp3) is 0.474. The van der Waals surface area contributed by atoms with E-state index >= 15 is 0 Å². The van der Waals surface area contributed by atoms with Gasteiger partial charge in [0.2, 0.25) is 0 Å². The van der Waals surface area contributed by atoms with Crippen LogP contribution in [-0.2, 0) is 19.1 Å². The lowest BCUT2D eigenvalue weighted by Crippen LogP contribution is -2.84. The Labute approximate surface area is 175 Å². The second-order valence-electron chi connectivity index (χ2n) is 7.60. The number of carbonyl (C=O) groups is 4. The molecule has 0 aromatic heterocycles. The van der Waals surface area contributed by atoms with Crippen LogP contribution in [-0.4, -0.2) is 87.0 Å². The highest BCUT2D eigenvalue weighted by Crippen LogP contribution is 2.32. The molecule has 0 radical (unpaired) electrons. The van der Waals surface area contributed by atoms with E-state index in [9.17, 15) is 39.6 Å². The van der Waals surface area contributed by atoms with Crippen LogP contribution in [0, 0.1) is 0 Å². The van der Waals surface area contributed by atoms with Gasteiger partial charge >= 0.3 is 5.97 Å². The summed E-state index contributed by atoms with van der Waals surface area (Å²) in [5.41, 5.74) is -7.26. The van der Waals surface area contributed by atoms with Gasteiger partial charge in [-0.2, -0.15) is 0 Å². The molecule has 5 atom stereocenters. The van der Waals surface area contributed by atoms with E-state index in [4.69, 9.17) is 9.47 Å². The number of hydrogen-bond donors (Lipinski definition) is 6. The lowest BCUT2D eigenvalue weighted by Gasteiger charge is -2.50. The quantitative estimate of drug-likeness (QED) is 0.199. The van der Waals surface area contributed by atoms with Crippen molar-refractivity contribution >= 4 is 24.1 Å². The highest BCUT2D eigenvalue weighted by Gasteiger charge is 2.65. The molecule has 0 spiro atoms. The summed E-state index contributed by atoms with van der Waals surface area (Å²) in [6.07, 6.45) is -3.45. The highest BCUT2D eigenvalue weighted by atomic mass is 16.6. The number of carbonyl (C=O) groups excluding carboxylic acids is 4. The van der Waals surface area contributed by atoms with Crippen molar-refractivity contribution in [3.63, 3.8) is 0 Å². The summed E-state index contributed by atoms with van der Waals surface area (Å²) in [6.45, 7) is -0.333. The molecule has 3 fully saturated rings. The molecule has 3 aliphatic rings. The van der Waals surface area contributed by atoms with E-state index in [0.717, 1.165) is 6.92 Å². The number of aliphatic hydroxyl groups is 4. The van der Waals surface area contributed by atoms with Crippen LogP contribution in [0.25, 0.3) is 0 Å². The largest absolute Gasteiger partial charge is 0.453 e. The minimum atomic E-state index is -2.70. The normalized spacial score (nSPS) is 30.8. The molecule has 0 saturated carbocycles. The Morgan fingerprint density at radius 3 is 2.74 bits per heavy atom. The van der Waals surface area contributed by atoms with Gasteiger partial charge in [0.05, 0.1) is 18.8 Å². The van der Waals surface area contributed by atoms with Crippen molar-refractivity contribution < 1.29 is 49.1 Å². The first-order valence-electron chi connectivity index (χ1n) is 9.29. The van der Waals surface area contributed by atoms with Crippen molar-refractivity contribution in [3.05, 3.63) is 35.4 Å². The van der Waals surface area contributed by atoms with Gasteiger partial charge in [-0.1, -0.05) is 12.1 Å². The van der Waals surface area contributed by atoms with Crippen LogP contribution in [0.5, 0.6) is 0 Å². The Kier molecular flexibility index (Phi) is 5.86. The first-order valence-corrected chi connectivity index (χ1v) is 9.29. The first-order chi connectivity index (χ1) is 14.5. The molecule has 12 heteroatoms. The molecule has 0 aliphatic carbocycles. The number of piperazine rings is 1. The lowest BCUT2D eigenvalue weighted by molar-refractivity contribution is -0.245. The smallest absolute Gasteiger partial charge is 0.338 e. The van der Waals surface area contributed by atoms with Gasteiger partial charge in [-0.05, 0) is 19.1 Å². The summed E-state index contributed by atoms with van der Waals surface area (Å²) in [5, 5.41) is 44.8. The molecule has 3 saturated heterocycles. The van der Waals surface area contributed by atoms with Gasteiger partial charge in [-0.3, -0.25) is 14.4 Å². The van der Waals surface area contributed by atoms with Gasteiger partial charge in [0.1, 0.15) is 18.0 Å². The SMILES string of the molecule is C[C@](O)(CO)[C@H](O)[C@@]12NC(=O)[C@@](O)(NC1=O)[C@H](OC(=O)c1cccc(C=O)c1)CCO2. The van der Waals surface area contributed by atoms with Crippen molar-refractivity contribution in [2.24, 2.45) is 0 Å². The number of benzene rings is 1. The van der Waals surface area contributed by atoms with Crippen molar-refractivity contribution in [2.75, 3.05) is 13.2 Å². The third-order valence-electron chi connectivity index (χ3n) is 5.26. The number of ether oxygens (including phenoxy) is 2. The molecule has 31 heavy (non-hydrogen) atoms. The minimum absolute atomic E-state index is 0.0255. The Bertz CT molecular complexity index is 919. The fourth-order valence-corrected chi connectivity index (χ4v) is 3.38. The maximum absolute atomic E-state index is 12.7. The van der Waals surface area contributed by atoms with E-state index in [1.165, 1.54) is 24.3 Å². The van der Waals surface area contributed by atoms with Crippen molar-refractivity contribution in [3.8, 4) is 0 Å².